The van der Waals surface area contributed by atoms with Crippen molar-refractivity contribution >= 4 is 16.7 Å². The van der Waals surface area contributed by atoms with Crippen LogP contribution in [0.1, 0.15) is 11.4 Å². The maximum atomic E-state index is 14.5. The van der Waals surface area contributed by atoms with E-state index in [1.54, 1.807) is 7.11 Å². The van der Waals surface area contributed by atoms with Crippen molar-refractivity contribution in [2.45, 2.75) is 6.42 Å². The Hall–Kier alpha value is -3.92. The largest absolute Gasteiger partial charge is 0.491 e. The SMILES string of the molecule is COCCOc1ccc(Cc2ncc(F)c(-n3cnc4ccc([N+](=O)[O-])cc43)n2)cc1. The second-order valence-corrected chi connectivity index (χ2v) is 6.66. The molecule has 10 heteroatoms. The summed E-state index contributed by atoms with van der Waals surface area (Å²) in [6.45, 7) is 0.956. The maximum absolute atomic E-state index is 14.5. The predicted octanol–water partition coefficient (Wildman–Crippen LogP) is 3.48. The van der Waals surface area contributed by atoms with E-state index < -0.39 is 10.7 Å². The highest BCUT2D eigenvalue weighted by atomic mass is 19.1. The van der Waals surface area contributed by atoms with Crippen LogP contribution < -0.4 is 4.74 Å². The Labute approximate surface area is 176 Å². The average molecular weight is 423 g/mol. The van der Waals surface area contributed by atoms with Gasteiger partial charge in [-0.3, -0.25) is 14.7 Å². The van der Waals surface area contributed by atoms with E-state index >= 15 is 0 Å². The lowest BCUT2D eigenvalue weighted by atomic mass is 10.1. The van der Waals surface area contributed by atoms with Crippen molar-refractivity contribution < 1.29 is 18.8 Å². The Morgan fingerprint density at radius 3 is 2.68 bits per heavy atom. The van der Waals surface area contributed by atoms with Crippen LogP contribution in [0.5, 0.6) is 5.75 Å². The summed E-state index contributed by atoms with van der Waals surface area (Å²) < 4.78 is 26.4. The number of aromatic nitrogens is 4. The number of imidazole rings is 1. The lowest BCUT2D eigenvalue weighted by Gasteiger charge is -2.08. The molecule has 0 N–H and O–H groups in total. The molecule has 0 saturated heterocycles. The number of halogens is 1. The molecular formula is C21H18FN5O4. The molecule has 158 valence electrons. The van der Waals surface area contributed by atoms with Crippen LogP contribution in [0, 0.1) is 15.9 Å². The van der Waals surface area contributed by atoms with Crippen molar-refractivity contribution in [1.29, 1.82) is 0 Å². The van der Waals surface area contributed by atoms with Crippen molar-refractivity contribution in [1.82, 2.24) is 19.5 Å². The summed E-state index contributed by atoms with van der Waals surface area (Å²) in [5, 5.41) is 11.1. The van der Waals surface area contributed by atoms with E-state index in [-0.39, 0.29) is 11.5 Å². The Bertz CT molecular complexity index is 1230. The van der Waals surface area contributed by atoms with Gasteiger partial charge in [0.1, 0.15) is 24.5 Å². The molecule has 0 unspecified atom stereocenters. The van der Waals surface area contributed by atoms with Gasteiger partial charge in [-0.05, 0) is 23.8 Å². The maximum Gasteiger partial charge on any atom is 0.271 e. The van der Waals surface area contributed by atoms with Gasteiger partial charge in [0.15, 0.2) is 11.6 Å². The number of fused-ring (bicyclic) bond motifs is 1. The Morgan fingerprint density at radius 2 is 1.94 bits per heavy atom. The topological polar surface area (TPSA) is 105 Å². The van der Waals surface area contributed by atoms with E-state index in [2.05, 4.69) is 15.0 Å². The van der Waals surface area contributed by atoms with Gasteiger partial charge < -0.3 is 9.47 Å². The molecule has 0 aliphatic rings. The molecule has 2 aromatic carbocycles. The van der Waals surface area contributed by atoms with Crippen molar-refractivity contribution in [2.24, 2.45) is 0 Å². The number of ether oxygens (including phenoxy) is 2. The van der Waals surface area contributed by atoms with Gasteiger partial charge in [-0.15, -0.1) is 0 Å². The van der Waals surface area contributed by atoms with Crippen LogP contribution in [-0.2, 0) is 11.2 Å². The highest BCUT2D eigenvalue weighted by Crippen LogP contribution is 2.24. The smallest absolute Gasteiger partial charge is 0.271 e. The van der Waals surface area contributed by atoms with E-state index in [9.17, 15) is 14.5 Å². The number of non-ortho nitro benzene ring substituents is 1. The number of benzene rings is 2. The van der Waals surface area contributed by atoms with E-state index in [1.165, 1.54) is 29.1 Å². The highest BCUT2D eigenvalue weighted by molar-refractivity contribution is 5.79. The zero-order chi connectivity index (χ0) is 21.8. The molecule has 31 heavy (non-hydrogen) atoms. The molecule has 9 nitrogen and oxygen atoms in total. The van der Waals surface area contributed by atoms with Crippen molar-refractivity contribution in [2.75, 3.05) is 20.3 Å². The van der Waals surface area contributed by atoms with Gasteiger partial charge in [0.25, 0.3) is 5.69 Å². The summed E-state index contributed by atoms with van der Waals surface area (Å²) in [7, 11) is 1.61. The summed E-state index contributed by atoms with van der Waals surface area (Å²) in [5.74, 6) is 0.439. The third-order valence-electron chi connectivity index (χ3n) is 4.59. The summed E-state index contributed by atoms with van der Waals surface area (Å²) in [4.78, 5) is 23.2. The number of rotatable bonds is 8. The van der Waals surface area contributed by atoms with Gasteiger partial charge in [-0.25, -0.2) is 19.3 Å². The standard InChI is InChI=1S/C21H18FN5O4/c1-30-8-9-31-16-5-2-14(3-6-16)10-20-23-12-17(22)21(25-20)26-13-24-18-7-4-15(27(28)29)11-19(18)26/h2-7,11-13H,8-10H2,1H3. The van der Waals surface area contributed by atoms with Crippen LogP contribution in [0.4, 0.5) is 10.1 Å². The first kappa shape index (κ1) is 20.4. The Morgan fingerprint density at radius 1 is 1.13 bits per heavy atom. The minimum atomic E-state index is -0.656. The van der Waals surface area contributed by atoms with Gasteiger partial charge in [-0.2, -0.15) is 0 Å². The first-order valence-corrected chi connectivity index (χ1v) is 9.39. The predicted molar refractivity (Wildman–Crippen MR) is 110 cm³/mol. The fraction of sp³-hybridized carbons (Fsp3) is 0.190. The summed E-state index contributed by atoms with van der Waals surface area (Å²) in [6.07, 6.45) is 2.84. The molecule has 4 aromatic rings. The first-order chi connectivity index (χ1) is 15.0. The van der Waals surface area contributed by atoms with E-state index in [4.69, 9.17) is 9.47 Å². The quantitative estimate of drug-likeness (QED) is 0.243. The van der Waals surface area contributed by atoms with Crippen LogP contribution in [-0.4, -0.2) is 44.8 Å². The molecule has 2 heterocycles. The number of hydrogen-bond acceptors (Lipinski definition) is 7. The first-order valence-electron chi connectivity index (χ1n) is 9.39. The number of nitrogens with zero attached hydrogens (tertiary/aromatic N) is 5. The van der Waals surface area contributed by atoms with Crippen LogP contribution in [0.2, 0.25) is 0 Å². The summed E-state index contributed by atoms with van der Waals surface area (Å²) >= 11 is 0. The second-order valence-electron chi connectivity index (χ2n) is 6.66. The minimum Gasteiger partial charge on any atom is -0.491 e. The molecular weight excluding hydrogens is 405 g/mol. The van der Waals surface area contributed by atoms with Crippen LogP contribution in [0.25, 0.3) is 16.9 Å². The van der Waals surface area contributed by atoms with Crippen molar-refractivity contribution in [3.8, 4) is 11.6 Å². The van der Waals surface area contributed by atoms with Crippen molar-refractivity contribution in [3.05, 3.63) is 82.3 Å². The number of nitro groups is 1. The van der Waals surface area contributed by atoms with Gasteiger partial charge >= 0.3 is 0 Å². The van der Waals surface area contributed by atoms with Gasteiger partial charge in [0, 0.05) is 25.7 Å². The van der Waals surface area contributed by atoms with E-state index in [0.29, 0.717) is 42.2 Å². The summed E-state index contributed by atoms with van der Waals surface area (Å²) in [6, 6.07) is 11.6. The minimum absolute atomic E-state index is 0.0208. The Balaban J connectivity index is 1.60. The molecule has 0 fully saturated rings. The molecule has 2 aromatic heterocycles. The number of nitro benzene ring substituents is 1. The number of hydrogen-bond donors (Lipinski definition) is 0. The zero-order valence-corrected chi connectivity index (χ0v) is 16.6. The van der Waals surface area contributed by atoms with Crippen LogP contribution in [0.15, 0.2) is 55.0 Å². The molecule has 0 aliphatic carbocycles. The zero-order valence-electron chi connectivity index (χ0n) is 16.6. The fourth-order valence-electron chi connectivity index (χ4n) is 3.05. The monoisotopic (exact) mass is 423 g/mol. The third kappa shape index (κ3) is 4.48. The number of methoxy groups -OCH3 is 1. The molecule has 0 spiro atoms. The molecule has 0 radical (unpaired) electrons. The lowest BCUT2D eigenvalue weighted by Crippen LogP contribution is -2.06. The van der Waals surface area contributed by atoms with Gasteiger partial charge in [-0.1, -0.05) is 12.1 Å². The van der Waals surface area contributed by atoms with Crippen LogP contribution in [0.3, 0.4) is 0 Å². The molecule has 0 atom stereocenters. The molecule has 0 aliphatic heterocycles. The highest BCUT2D eigenvalue weighted by Gasteiger charge is 2.16. The fourth-order valence-corrected chi connectivity index (χ4v) is 3.05. The average Bonchev–Trinajstić information content (AvgIpc) is 3.19. The van der Waals surface area contributed by atoms with E-state index in [1.807, 2.05) is 24.3 Å². The van der Waals surface area contributed by atoms with Crippen LogP contribution >= 0.6 is 0 Å². The normalized spacial score (nSPS) is 11.0. The van der Waals surface area contributed by atoms with Gasteiger partial charge in [0.05, 0.1) is 28.8 Å². The molecule has 0 saturated carbocycles. The molecule has 0 bridgehead atoms. The third-order valence-corrected chi connectivity index (χ3v) is 4.59. The Kier molecular flexibility index (Phi) is 5.80. The van der Waals surface area contributed by atoms with E-state index in [0.717, 1.165) is 11.8 Å². The van der Waals surface area contributed by atoms with Gasteiger partial charge in [0.2, 0.25) is 0 Å². The lowest BCUT2D eigenvalue weighted by molar-refractivity contribution is -0.384. The molecule has 0 amide bonds. The summed E-state index contributed by atoms with van der Waals surface area (Å²) in [5.41, 5.74) is 1.68. The molecule has 4 rings (SSSR count). The van der Waals surface area contributed by atoms with Crippen molar-refractivity contribution in [3.63, 3.8) is 0 Å². The second kappa shape index (κ2) is 8.84.